The molecule has 1 heterocycles. The molecule has 0 aliphatic carbocycles. The van der Waals surface area contributed by atoms with Crippen LogP contribution in [0.5, 0.6) is 0 Å². The average molecular weight is 192 g/mol. The molecule has 1 aliphatic rings. The Bertz CT molecular complexity index is 313. The van der Waals surface area contributed by atoms with Gasteiger partial charge in [0.05, 0.1) is 18.9 Å². The fraction of sp³-hybridized carbons (Fsp3) is 0.300. The van der Waals surface area contributed by atoms with Crippen LogP contribution in [0.2, 0.25) is 0 Å². The maximum atomic E-state index is 8.36. The third-order valence-corrected chi connectivity index (χ3v) is 2.16. The van der Waals surface area contributed by atoms with Crippen LogP contribution in [0.1, 0.15) is 11.8 Å². The Labute approximate surface area is 82.2 Å². The van der Waals surface area contributed by atoms with Crippen molar-refractivity contribution in [2.24, 2.45) is 5.16 Å². The van der Waals surface area contributed by atoms with Gasteiger partial charge < -0.3 is 9.94 Å². The van der Waals surface area contributed by atoms with Gasteiger partial charge in [-0.1, -0.05) is 30.3 Å². The first-order valence-corrected chi connectivity index (χ1v) is 4.50. The van der Waals surface area contributed by atoms with Crippen molar-refractivity contribution in [3.05, 3.63) is 35.9 Å². The number of nitrogens with zero attached hydrogens (tertiary/aromatic N) is 1. The van der Waals surface area contributed by atoms with Crippen LogP contribution in [0.25, 0.3) is 0 Å². The maximum absolute atomic E-state index is 8.36. The van der Waals surface area contributed by atoms with E-state index in [9.17, 15) is 0 Å². The molecule has 2 rings (SSSR count). The quantitative estimate of drug-likeness (QED) is 0.419. The predicted octanol–water partition coefficient (Wildman–Crippen LogP) is 1.13. The van der Waals surface area contributed by atoms with Gasteiger partial charge in [-0.05, 0) is 5.56 Å². The van der Waals surface area contributed by atoms with E-state index in [1.165, 1.54) is 6.21 Å². The summed E-state index contributed by atoms with van der Waals surface area (Å²) in [7, 11) is 0. The van der Waals surface area contributed by atoms with Crippen LogP contribution in [0.4, 0.5) is 0 Å². The van der Waals surface area contributed by atoms with E-state index in [2.05, 4.69) is 10.5 Å². The lowest BCUT2D eigenvalue weighted by molar-refractivity contribution is 0.101. The van der Waals surface area contributed by atoms with Gasteiger partial charge in [0.2, 0.25) is 0 Å². The molecule has 2 N–H and O–H groups in total. The summed E-state index contributed by atoms with van der Waals surface area (Å²) in [5.41, 5.74) is 1.08. The van der Waals surface area contributed by atoms with Gasteiger partial charge >= 0.3 is 0 Å². The molecule has 0 spiro atoms. The van der Waals surface area contributed by atoms with Gasteiger partial charge in [-0.3, -0.25) is 5.32 Å². The summed E-state index contributed by atoms with van der Waals surface area (Å²) in [6.45, 7) is 0.531. The van der Waals surface area contributed by atoms with Gasteiger partial charge in [-0.15, -0.1) is 5.16 Å². The van der Waals surface area contributed by atoms with Crippen LogP contribution < -0.4 is 5.32 Å². The van der Waals surface area contributed by atoms with E-state index < -0.39 is 0 Å². The standard InChI is InChI=1S/C10H12N2O2/c13-11-6-9-7-14-10(12-9)8-4-2-1-3-5-8/h1-6,9-10,12-13H,7H2. The number of hydrogen-bond acceptors (Lipinski definition) is 4. The van der Waals surface area contributed by atoms with Crippen LogP contribution in [0.3, 0.4) is 0 Å². The highest BCUT2D eigenvalue weighted by atomic mass is 16.5. The second-order valence-corrected chi connectivity index (χ2v) is 3.16. The molecule has 4 heteroatoms. The molecular formula is C10H12N2O2. The Kier molecular flexibility index (Phi) is 2.76. The molecule has 0 bridgehead atoms. The number of benzene rings is 1. The molecule has 1 aromatic carbocycles. The maximum Gasteiger partial charge on any atom is 0.134 e. The number of hydrogen-bond donors (Lipinski definition) is 2. The molecule has 2 unspecified atom stereocenters. The van der Waals surface area contributed by atoms with E-state index in [0.717, 1.165) is 5.56 Å². The highest BCUT2D eigenvalue weighted by molar-refractivity contribution is 5.64. The van der Waals surface area contributed by atoms with Gasteiger partial charge in [0.25, 0.3) is 0 Å². The Balaban J connectivity index is 2.02. The zero-order chi connectivity index (χ0) is 9.80. The monoisotopic (exact) mass is 192 g/mol. The number of oxime groups is 1. The third kappa shape index (κ3) is 1.92. The topological polar surface area (TPSA) is 53.9 Å². The van der Waals surface area contributed by atoms with E-state index in [-0.39, 0.29) is 12.3 Å². The lowest BCUT2D eigenvalue weighted by atomic mass is 10.2. The summed E-state index contributed by atoms with van der Waals surface area (Å²) in [5, 5.41) is 14.5. The Morgan fingerprint density at radius 3 is 2.93 bits per heavy atom. The molecule has 0 aromatic heterocycles. The van der Waals surface area contributed by atoms with Crippen molar-refractivity contribution >= 4 is 6.21 Å². The normalized spacial score (nSPS) is 27.1. The van der Waals surface area contributed by atoms with E-state index in [1.54, 1.807) is 0 Å². The van der Waals surface area contributed by atoms with Gasteiger partial charge in [0.15, 0.2) is 0 Å². The lowest BCUT2D eigenvalue weighted by Crippen LogP contribution is -2.27. The molecule has 0 radical (unpaired) electrons. The predicted molar refractivity (Wildman–Crippen MR) is 52.3 cm³/mol. The van der Waals surface area contributed by atoms with Crippen LogP contribution in [0, 0.1) is 0 Å². The van der Waals surface area contributed by atoms with Crippen LogP contribution in [0.15, 0.2) is 35.5 Å². The first kappa shape index (κ1) is 9.18. The average Bonchev–Trinajstić information content (AvgIpc) is 2.68. The van der Waals surface area contributed by atoms with Crippen molar-refractivity contribution in [2.45, 2.75) is 12.3 Å². The zero-order valence-electron chi connectivity index (χ0n) is 7.63. The fourth-order valence-corrected chi connectivity index (χ4v) is 1.48. The smallest absolute Gasteiger partial charge is 0.134 e. The first-order chi connectivity index (χ1) is 6.90. The Morgan fingerprint density at radius 1 is 1.43 bits per heavy atom. The zero-order valence-corrected chi connectivity index (χ0v) is 7.63. The van der Waals surface area contributed by atoms with Crippen molar-refractivity contribution in [2.75, 3.05) is 6.61 Å². The first-order valence-electron chi connectivity index (χ1n) is 4.50. The van der Waals surface area contributed by atoms with Crippen molar-refractivity contribution in [3.8, 4) is 0 Å². The minimum atomic E-state index is -0.0980. The minimum Gasteiger partial charge on any atom is -0.411 e. The highest BCUT2D eigenvalue weighted by Crippen LogP contribution is 2.19. The van der Waals surface area contributed by atoms with Gasteiger partial charge in [0.1, 0.15) is 6.23 Å². The molecule has 1 fully saturated rings. The molecule has 0 amide bonds. The summed E-state index contributed by atoms with van der Waals surface area (Å²) in [6, 6.07) is 9.88. The van der Waals surface area contributed by atoms with E-state index >= 15 is 0 Å². The summed E-state index contributed by atoms with van der Waals surface area (Å²) >= 11 is 0. The molecule has 1 aliphatic heterocycles. The highest BCUT2D eigenvalue weighted by Gasteiger charge is 2.23. The lowest BCUT2D eigenvalue weighted by Gasteiger charge is -2.09. The second kappa shape index (κ2) is 4.21. The molecular weight excluding hydrogens is 180 g/mol. The van der Waals surface area contributed by atoms with Gasteiger partial charge in [0, 0.05) is 0 Å². The largest absolute Gasteiger partial charge is 0.411 e. The molecule has 4 nitrogen and oxygen atoms in total. The molecule has 2 atom stereocenters. The molecule has 0 saturated carbocycles. The second-order valence-electron chi connectivity index (χ2n) is 3.16. The molecule has 14 heavy (non-hydrogen) atoms. The van der Waals surface area contributed by atoms with E-state index in [4.69, 9.17) is 9.94 Å². The SMILES string of the molecule is ON=CC1COC(c2ccccc2)N1. The van der Waals surface area contributed by atoms with Gasteiger partial charge in [-0.2, -0.15) is 0 Å². The molecule has 74 valence electrons. The molecule has 1 aromatic rings. The number of ether oxygens (including phenoxy) is 1. The number of rotatable bonds is 2. The minimum absolute atomic E-state index is 0.00907. The Morgan fingerprint density at radius 2 is 2.21 bits per heavy atom. The van der Waals surface area contributed by atoms with Crippen LogP contribution >= 0.6 is 0 Å². The summed E-state index contributed by atoms with van der Waals surface area (Å²) in [6.07, 6.45) is 1.34. The van der Waals surface area contributed by atoms with Crippen LogP contribution in [-0.4, -0.2) is 24.1 Å². The summed E-state index contributed by atoms with van der Waals surface area (Å²) < 4.78 is 5.49. The summed E-state index contributed by atoms with van der Waals surface area (Å²) in [4.78, 5) is 0. The Hall–Kier alpha value is -1.39. The van der Waals surface area contributed by atoms with E-state index in [1.807, 2.05) is 30.3 Å². The van der Waals surface area contributed by atoms with Crippen molar-refractivity contribution in [1.29, 1.82) is 0 Å². The van der Waals surface area contributed by atoms with Gasteiger partial charge in [-0.25, -0.2) is 0 Å². The van der Waals surface area contributed by atoms with E-state index in [0.29, 0.717) is 6.61 Å². The summed E-state index contributed by atoms with van der Waals surface area (Å²) in [5.74, 6) is 0. The van der Waals surface area contributed by atoms with Crippen molar-refractivity contribution in [3.63, 3.8) is 0 Å². The molecule has 1 saturated heterocycles. The van der Waals surface area contributed by atoms with Crippen molar-refractivity contribution < 1.29 is 9.94 Å². The van der Waals surface area contributed by atoms with Crippen molar-refractivity contribution in [1.82, 2.24) is 5.32 Å². The third-order valence-electron chi connectivity index (χ3n) is 2.16. The fourth-order valence-electron chi connectivity index (χ4n) is 1.48. The number of nitrogens with one attached hydrogen (secondary N) is 1. The van der Waals surface area contributed by atoms with Crippen LogP contribution in [-0.2, 0) is 4.74 Å².